The Morgan fingerprint density at radius 2 is 1.81 bits per heavy atom. The summed E-state index contributed by atoms with van der Waals surface area (Å²) in [5.41, 5.74) is 0. The van der Waals surface area contributed by atoms with E-state index in [2.05, 4.69) is 29.9 Å². The summed E-state index contributed by atoms with van der Waals surface area (Å²) in [5, 5.41) is 28.8. The predicted molar refractivity (Wildman–Crippen MR) is 107 cm³/mol. The van der Waals surface area contributed by atoms with Gasteiger partial charge in [-0.25, -0.2) is 4.79 Å². The number of methoxy groups -OCH3 is 1. The first-order valence-corrected chi connectivity index (χ1v) is 10.4. The minimum Gasteiger partial charge on any atom is -0.465 e. The Hall–Kier alpha value is -1.17. The van der Waals surface area contributed by atoms with E-state index in [1.807, 2.05) is 6.08 Å². The van der Waals surface area contributed by atoms with E-state index in [9.17, 15) is 20.1 Å². The number of ether oxygens (including phenoxy) is 1. The van der Waals surface area contributed by atoms with E-state index in [0.717, 1.165) is 32.8 Å². The third-order valence-corrected chi connectivity index (χ3v) is 5.59. The largest absolute Gasteiger partial charge is 0.465 e. The SMILES string of the molecule is CCCCCC/C=C/[C@H]1[C@H](CO)CC[C@@H]1C/C=C\CCC(O)(O)C(=O)OC. The molecule has 0 bridgehead atoms. The van der Waals surface area contributed by atoms with E-state index in [4.69, 9.17) is 0 Å². The second-order valence-corrected chi connectivity index (χ2v) is 7.69. The molecular formula is C22H38O5. The maximum Gasteiger partial charge on any atom is 0.366 e. The number of unbranched alkanes of at least 4 members (excludes halogenated alkanes) is 4. The summed E-state index contributed by atoms with van der Waals surface area (Å²) in [7, 11) is 1.13. The number of hydrogen-bond donors (Lipinski definition) is 3. The lowest BCUT2D eigenvalue weighted by molar-refractivity contribution is -0.208. The lowest BCUT2D eigenvalue weighted by Gasteiger charge is -2.20. The van der Waals surface area contributed by atoms with Gasteiger partial charge in [0, 0.05) is 13.0 Å². The van der Waals surface area contributed by atoms with Crippen LogP contribution < -0.4 is 0 Å². The van der Waals surface area contributed by atoms with Crippen molar-refractivity contribution in [3.8, 4) is 0 Å². The van der Waals surface area contributed by atoms with Gasteiger partial charge in [-0.3, -0.25) is 0 Å². The lowest BCUT2D eigenvalue weighted by atomic mass is 9.87. The molecule has 5 nitrogen and oxygen atoms in total. The Morgan fingerprint density at radius 1 is 1.07 bits per heavy atom. The number of esters is 1. The van der Waals surface area contributed by atoms with Gasteiger partial charge in [0.2, 0.25) is 0 Å². The first-order valence-electron chi connectivity index (χ1n) is 10.4. The molecule has 3 atom stereocenters. The molecule has 1 saturated carbocycles. The molecule has 156 valence electrons. The quantitative estimate of drug-likeness (QED) is 0.196. The molecular weight excluding hydrogens is 344 g/mol. The van der Waals surface area contributed by atoms with Crippen LogP contribution in [0.5, 0.6) is 0 Å². The van der Waals surface area contributed by atoms with Crippen LogP contribution in [-0.2, 0) is 9.53 Å². The maximum absolute atomic E-state index is 11.2. The van der Waals surface area contributed by atoms with E-state index in [-0.39, 0.29) is 13.0 Å². The molecule has 0 spiro atoms. The molecule has 1 aliphatic rings. The average molecular weight is 383 g/mol. The molecule has 3 N–H and O–H groups in total. The Bertz CT molecular complexity index is 469. The van der Waals surface area contributed by atoms with Gasteiger partial charge >= 0.3 is 5.97 Å². The van der Waals surface area contributed by atoms with Crippen LogP contribution in [0, 0.1) is 17.8 Å². The van der Waals surface area contributed by atoms with Gasteiger partial charge in [0.1, 0.15) is 0 Å². The van der Waals surface area contributed by atoms with Crippen molar-refractivity contribution >= 4 is 5.97 Å². The first kappa shape index (κ1) is 23.9. The Kier molecular flexibility index (Phi) is 11.6. The van der Waals surface area contributed by atoms with Crippen LogP contribution in [0.1, 0.15) is 71.1 Å². The number of allylic oxidation sites excluding steroid dienone is 4. The molecule has 0 heterocycles. The second-order valence-electron chi connectivity index (χ2n) is 7.69. The number of aliphatic hydroxyl groups excluding tert-OH is 1. The van der Waals surface area contributed by atoms with Crippen molar-refractivity contribution in [2.75, 3.05) is 13.7 Å². The zero-order chi connectivity index (χ0) is 20.1. The van der Waals surface area contributed by atoms with Crippen molar-refractivity contribution in [3.63, 3.8) is 0 Å². The van der Waals surface area contributed by atoms with Crippen LogP contribution in [0.3, 0.4) is 0 Å². The zero-order valence-electron chi connectivity index (χ0n) is 17.0. The summed E-state index contributed by atoms with van der Waals surface area (Å²) in [6, 6.07) is 0. The van der Waals surface area contributed by atoms with Crippen molar-refractivity contribution in [2.45, 2.75) is 76.9 Å². The van der Waals surface area contributed by atoms with Gasteiger partial charge in [0.25, 0.3) is 5.79 Å². The van der Waals surface area contributed by atoms with Gasteiger partial charge in [0.15, 0.2) is 0 Å². The molecule has 0 amide bonds. The Morgan fingerprint density at radius 3 is 2.48 bits per heavy atom. The van der Waals surface area contributed by atoms with Gasteiger partial charge in [0.05, 0.1) is 7.11 Å². The van der Waals surface area contributed by atoms with E-state index >= 15 is 0 Å². The summed E-state index contributed by atoms with van der Waals surface area (Å²) >= 11 is 0. The van der Waals surface area contributed by atoms with Crippen molar-refractivity contribution in [2.24, 2.45) is 17.8 Å². The Balaban J connectivity index is 2.42. The highest BCUT2D eigenvalue weighted by Crippen LogP contribution is 2.40. The minimum atomic E-state index is -2.42. The molecule has 5 heteroatoms. The predicted octanol–water partition coefficient (Wildman–Crippen LogP) is 3.73. The smallest absolute Gasteiger partial charge is 0.366 e. The van der Waals surface area contributed by atoms with E-state index < -0.39 is 11.8 Å². The number of rotatable bonds is 13. The number of aliphatic hydroxyl groups is 3. The molecule has 0 unspecified atom stereocenters. The monoisotopic (exact) mass is 382 g/mol. The summed E-state index contributed by atoms with van der Waals surface area (Å²) in [6.07, 6.45) is 18.1. The van der Waals surface area contributed by atoms with Crippen LogP contribution in [0.2, 0.25) is 0 Å². The molecule has 0 aromatic heterocycles. The van der Waals surface area contributed by atoms with Gasteiger partial charge in [-0.05, 0) is 56.3 Å². The van der Waals surface area contributed by atoms with Crippen molar-refractivity contribution in [1.29, 1.82) is 0 Å². The summed E-state index contributed by atoms with van der Waals surface area (Å²) in [6.45, 7) is 2.45. The van der Waals surface area contributed by atoms with Crippen LogP contribution in [0.4, 0.5) is 0 Å². The number of carbonyl (C=O) groups excluding carboxylic acids is 1. The summed E-state index contributed by atoms with van der Waals surface area (Å²) < 4.78 is 4.37. The Labute approximate surface area is 164 Å². The van der Waals surface area contributed by atoms with Crippen LogP contribution in [-0.4, -0.2) is 40.8 Å². The molecule has 1 aliphatic carbocycles. The topological polar surface area (TPSA) is 87.0 Å². The fraction of sp³-hybridized carbons (Fsp3) is 0.773. The molecule has 27 heavy (non-hydrogen) atoms. The molecule has 1 rings (SSSR count). The van der Waals surface area contributed by atoms with Crippen molar-refractivity contribution in [3.05, 3.63) is 24.3 Å². The van der Waals surface area contributed by atoms with Crippen LogP contribution in [0.15, 0.2) is 24.3 Å². The van der Waals surface area contributed by atoms with Crippen LogP contribution in [0.25, 0.3) is 0 Å². The van der Waals surface area contributed by atoms with E-state index in [1.165, 1.54) is 25.7 Å². The highest BCUT2D eigenvalue weighted by atomic mass is 16.6. The van der Waals surface area contributed by atoms with Gasteiger partial charge in [-0.15, -0.1) is 0 Å². The first-order chi connectivity index (χ1) is 13.0. The normalized spacial score (nSPS) is 23.5. The second kappa shape index (κ2) is 13.1. The standard InChI is InChI=1S/C22H38O5/c1-3-4-5-6-7-10-13-20-18(14-15-19(20)17-23)12-9-8-11-16-22(25,26)21(24)27-2/h8-10,13,18-20,23,25-26H,3-7,11-12,14-17H2,1-2H3/b9-8-,13-10+/t18-,19-,20+/m0/s1. The van der Waals surface area contributed by atoms with Crippen LogP contribution >= 0.6 is 0 Å². The van der Waals surface area contributed by atoms with Gasteiger partial charge in [-0.1, -0.05) is 50.5 Å². The number of carbonyl (C=O) groups is 1. The molecule has 0 aromatic rings. The minimum absolute atomic E-state index is 0.0821. The highest BCUT2D eigenvalue weighted by molar-refractivity contribution is 5.76. The average Bonchev–Trinajstić information content (AvgIpc) is 3.05. The highest BCUT2D eigenvalue weighted by Gasteiger charge is 2.34. The van der Waals surface area contributed by atoms with E-state index in [1.54, 1.807) is 0 Å². The molecule has 0 radical (unpaired) electrons. The summed E-state index contributed by atoms with van der Waals surface area (Å²) in [4.78, 5) is 11.2. The lowest BCUT2D eigenvalue weighted by Crippen LogP contribution is -2.39. The third kappa shape index (κ3) is 8.58. The number of hydrogen-bond acceptors (Lipinski definition) is 5. The summed E-state index contributed by atoms with van der Waals surface area (Å²) in [5.74, 6) is -2.18. The van der Waals surface area contributed by atoms with Crippen molar-refractivity contribution in [1.82, 2.24) is 0 Å². The van der Waals surface area contributed by atoms with Crippen molar-refractivity contribution < 1.29 is 24.9 Å². The maximum atomic E-state index is 11.2. The molecule has 0 aliphatic heterocycles. The zero-order valence-corrected chi connectivity index (χ0v) is 17.0. The molecule has 0 aromatic carbocycles. The fourth-order valence-corrected chi connectivity index (χ4v) is 3.88. The third-order valence-electron chi connectivity index (χ3n) is 5.59. The fourth-order valence-electron chi connectivity index (χ4n) is 3.88. The van der Waals surface area contributed by atoms with Gasteiger partial charge in [-0.2, -0.15) is 0 Å². The molecule has 0 saturated heterocycles. The molecule has 1 fully saturated rings. The van der Waals surface area contributed by atoms with E-state index in [0.29, 0.717) is 24.2 Å². The van der Waals surface area contributed by atoms with Gasteiger partial charge < -0.3 is 20.1 Å².